The van der Waals surface area contributed by atoms with Gasteiger partial charge in [0.05, 0.1) is 11.6 Å². The maximum Gasteiger partial charge on any atom is 0.255 e. The number of nitrogens with one attached hydrogen (secondary N) is 1. The first-order valence-electron chi connectivity index (χ1n) is 5.56. The number of halogens is 1. The molecular formula is C13H13FN2O. The molecule has 2 rings (SSSR count). The molecule has 17 heavy (non-hydrogen) atoms. The normalized spacial score (nSPS) is 16.8. The lowest BCUT2D eigenvalue weighted by Gasteiger charge is -2.35. The molecule has 0 aliphatic heterocycles. The number of carbonyl (C=O) groups excluding carboxylic acids is 1. The highest BCUT2D eigenvalue weighted by Gasteiger charge is 2.39. The second-order valence-corrected chi connectivity index (χ2v) is 4.48. The van der Waals surface area contributed by atoms with E-state index in [1.165, 1.54) is 12.1 Å². The first-order chi connectivity index (χ1) is 8.06. The Bertz CT molecular complexity index is 501. The number of aryl methyl sites for hydroxylation is 1. The van der Waals surface area contributed by atoms with Crippen molar-refractivity contribution in [2.75, 3.05) is 0 Å². The van der Waals surface area contributed by atoms with Gasteiger partial charge in [0.2, 0.25) is 0 Å². The standard InChI is InChI=1S/C13H13FN2O/c1-9-3-4-10(11(14)7-9)12(17)16-13(8-15)5-2-6-13/h3-4,7H,2,5-6H2,1H3,(H,16,17). The average molecular weight is 232 g/mol. The van der Waals surface area contributed by atoms with E-state index in [0.29, 0.717) is 12.8 Å². The quantitative estimate of drug-likeness (QED) is 0.850. The minimum absolute atomic E-state index is 0.00266. The summed E-state index contributed by atoms with van der Waals surface area (Å²) >= 11 is 0. The van der Waals surface area contributed by atoms with Crippen molar-refractivity contribution in [3.63, 3.8) is 0 Å². The Balaban J connectivity index is 2.18. The van der Waals surface area contributed by atoms with Gasteiger partial charge in [-0.05, 0) is 43.9 Å². The molecule has 0 unspecified atom stereocenters. The summed E-state index contributed by atoms with van der Waals surface area (Å²) in [7, 11) is 0. The Labute approximate surface area is 99.2 Å². The van der Waals surface area contributed by atoms with Crippen molar-refractivity contribution in [1.29, 1.82) is 5.26 Å². The zero-order valence-electron chi connectivity index (χ0n) is 9.59. The predicted molar refractivity (Wildman–Crippen MR) is 60.8 cm³/mol. The Morgan fingerprint density at radius 3 is 2.71 bits per heavy atom. The van der Waals surface area contributed by atoms with Crippen molar-refractivity contribution in [1.82, 2.24) is 5.32 Å². The third-order valence-electron chi connectivity index (χ3n) is 3.14. The van der Waals surface area contributed by atoms with E-state index in [9.17, 15) is 9.18 Å². The molecule has 1 saturated carbocycles. The van der Waals surface area contributed by atoms with E-state index in [1.54, 1.807) is 13.0 Å². The van der Waals surface area contributed by atoms with Crippen LogP contribution in [0.1, 0.15) is 35.2 Å². The Morgan fingerprint density at radius 1 is 1.53 bits per heavy atom. The van der Waals surface area contributed by atoms with E-state index < -0.39 is 17.3 Å². The van der Waals surface area contributed by atoms with Gasteiger partial charge in [0.1, 0.15) is 11.4 Å². The third kappa shape index (κ3) is 2.14. The molecule has 0 radical (unpaired) electrons. The topological polar surface area (TPSA) is 52.9 Å². The second kappa shape index (κ2) is 4.17. The zero-order chi connectivity index (χ0) is 12.5. The molecule has 0 heterocycles. The minimum atomic E-state index is -0.783. The fraction of sp³-hybridized carbons (Fsp3) is 0.385. The smallest absolute Gasteiger partial charge is 0.255 e. The monoisotopic (exact) mass is 232 g/mol. The van der Waals surface area contributed by atoms with E-state index >= 15 is 0 Å². The van der Waals surface area contributed by atoms with Crippen LogP contribution in [-0.4, -0.2) is 11.4 Å². The van der Waals surface area contributed by atoms with E-state index in [2.05, 4.69) is 11.4 Å². The van der Waals surface area contributed by atoms with Gasteiger partial charge in [-0.25, -0.2) is 4.39 Å². The molecule has 1 aromatic carbocycles. The maximum atomic E-state index is 13.6. The van der Waals surface area contributed by atoms with Crippen LogP contribution in [0, 0.1) is 24.1 Å². The number of hydrogen-bond donors (Lipinski definition) is 1. The number of carbonyl (C=O) groups is 1. The molecule has 1 aliphatic carbocycles. The molecular weight excluding hydrogens is 219 g/mol. The van der Waals surface area contributed by atoms with Crippen molar-refractivity contribution in [2.45, 2.75) is 31.7 Å². The lowest BCUT2D eigenvalue weighted by molar-refractivity contribution is 0.0877. The summed E-state index contributed by atoms with van der Waals surface area (Å²) < 4.78 is 13.6. The van der Waals surface area contributed by atoms with Gasteiger partial charge in [0.25, 0.3) is 5.91 Å². The van der Waals surface area contributed by atoms with E-state index in [0.717, 1.165) is 12.0 Å². The van der Waals surface area contributed by atoms with Gasteiger partial charge in [-0.3, -0.25) is 4.79 Å². The van der Waals surface area contributed by atoms with E-state index in [4.69, 9.17) is 5.26 Å². The van der Waals surface area contributed by atoms with Crippen LogP contribution < -0.4 is 5.32 Å². The van der Waals surface area contributed by atoms with Gasteiger partial charge in [0.15, 0.2) is 0 Å². The van der Waals surface area contributed by atoms with Crippen LogP contribution in [0.5, 0.6) is 0 Å². The highest BCUT2D eigenvalue weighted by atomic mass is 19.1. The van der Waals surface area contributed by atoms with Gasteiger partial charge < -0.3 is 5.32 Å². The minimum Gasteiger partial charge on any atom is -0.334 e. The molecule has 0 aromatic heterocycles. The lowest BCUT2D eigenvalue weighted by Crippen LogP contribution is -2.52. The van der Waals surface area contributed by atoms with Crippen molar-refractivity contribution in [3.8, 4) is 6.07 Å². The maximum absolute atomic E-state index is 13.6. The first kappa shape index (κ1) is 11.6. The lowest BCUT2D eigenvalue weighted by atomic mass is 9.78. The first-order valence-corrected chi connectivity index (χ1v) is 5.56. The molecule has 1 N–H and O–H groups in total. The van der Waals surface area contributed by atoms with Crippen LogP contribution in [0.4, 0.5) is 4.39 Å². The molecule has 0 bridgehead atoms. The number of benzene rings is 1. The molecule has 1 aliphatic rings. The van der Waals surface area contributed by atoms with Crippen molar-refractivity contribution >= 4 is 5.91 Å². The van der Waals surface area contributed by atoms with Crippen LogP contribution in [0.25, 0.3) is 0 Å². The molecule has 1 fully saturated rings. The van der Waals surface area contributed by atoms with Crippen molar-refractivity contribution < 1.29 is 9.18 Å². The van der Waals surface area contributed by atoms with Crippen molar-refractivity contribution in [3.05, 3.63) is 35.1 Å². The third-order valence-corrected chi connectivity index (χ3v) is 3.14. The summed E-state index contributed by atoms with van der Waals surface area (Å²) in [5, 5.41) is 11.6. The number of nitriles is 1. The molecule has 4 heteroatoms. The molecule has 88 valence electrons. The van der Waals surface area contributed by atoms with E-state index in [-0.39, 0.29) is 5.56 Å². The van der Waals surface area contributed by atoms with Gasteiger partial charge in [-0.15, -0.1) is 0 Å². The fourth-order valence-corrected chi connectivity index (χ4v) is 1.88. The van der Waals surface area contributed by atoms with Crippen molar-refractivity contribution in [2.24, 2.45) is 0 Å². The predicted octanol–water partition coefficient (Wildman–Crippen LogP) is 2.31. The van der Waals surface area contributed by atoms with Gasteiger partial charge in [-0.2, -0.15) is 5.26 Å². The van der Waals surface area contributed by atoms with Gasteiger partial charge in [0, 0.05) is 0 Å². The molecule has 0 saturated heterocycles. The Morgan fingerprint density at radius 2 is 2.24 bits per heavy atom. The van der Waals surface area contributed by atoms with Crippen LogP contribution >= 0.6 is 0 Å². The molecule has 0 spiro atoms. The number of rotatable bonds is 2. The summed E-state index contributed by atoms with van der Waals surface area (Å²) in [5.41, 5.74) is -0.0242. The number of nitrogens with zero attached hydrogens (tertiary/aromatic N) is 1. The summed E-state index contributed by atoms with van der Waals surface area (Å²) in [5.74, 6) is -1.06. The average Bonchev–Trinajstić information content (AvgIpc) is 2.23. The summed E-state index contributed by atoms with van der Waals surface area (Å²) in [6, 6.07) is 6.53. The summed E-state index contributed by atoms with van der Waals surface area (Å²) in [6.07, 6.45) is 2.20. The molecule has 3 nitrogen and oxygen atoms in total. The largest absolute Gasteiger partial charge is 0.334 e. The van der Waals surface area contributed by atoms with Crippen LogP contribution in [0.15, 0.2) is 18.2 Å². The Hall–Kier alpha value is -1.89. The highest BCUT2D eigenvalue weighted by Crippen LogP contribution is 2.31. The van der Waals surface area contributed by atoms with Crippen LogP contribution in [-0.2, 0) is 0 Å². The summed E-state index contributed by atoms with van der Waals surface area (Å²) in [6.45, 7) is 1.76. The molecule has 1 aromatic rings. The van der Waals surface area contributed by atoms with Crippen LogP contribution in [0.3, 0.4) is 0 Å². The number of amides is 1. The van der Waals surface area contributed by atoms with Crippen LogP contribution in [0.2, 0.25) is 0 Å². The zero-order valence-corrected chi connectivity index (χ0v) is 9.59. The summed E-state index contributed by atoms with van der Waals surface area (Å²) in [4.78, 5) is 11.8. The SMILES string of the molecule is Cc1ccc(C(=O)NC2(C#N)CCC2)c(F)c1. The van der Waals surface area contributed by atoms with E-state index in [1.807, 2.05) is 0 Å². The fourth-order valence-electron chi connectivity index (χ4n) is 1.88. The van der Waals surface area contributed by atoms with Gasteiger partial charge >= 0.3 is 0 Å². The Kier molecular flexibility index (Phi) is 2.84. The highest BCUT2D eigenvalue weighted by molar-refractivity contribution is 5.95. The molecule has 0 atom stereocenters. The molecule has 1 amide bonds. The van der Waals surface area contributed by atoms with Gasteiger partial charge in [-0.1, -0.05) is 6.07 Å². The number of hydrogen-bond acceptors (Lipinski definition) is 2. The second-order valence-electron chi connectivity index (χ2n) is 4.48.